The van der Waals surface area contributed by atoms with Gasteiger partial charge in [-0.2, -0.15) is 19.7 Å². The lowest BCUT2D eigenvalue weighted by molar-refractivity contribution is 0.205. The van der Waals surface area contributed by atoms with Crippen molar-refractivity contribution in [3.05, 3.63) is 71.4 Å². The summed E-state index contributed by atoms with van der Waals surface area (Å²) >= 11 is 0. The number of aromatic nitrogens is 5. The third-order valence-corrected chi connectivity index (χ3v) is 5.85. The summed E-state index contributed by atoms with van der Waals surface area (Å²) in [5.41, 5.74) is 2.14. The fraction of sp³-hybridized carbons (Fsp3) is 0.167. The SMILES string of the molecule is CC1=C(O)C(c2nc(-c3ccc(O)c(C)c3O)nc(-n3ncc4ccccc43)n2)=CCC1O. The van der Waals surface area contributed by atoms with E-state index in [1.54, 1.807) is 30.8 Å². The van der Waals surface area contributed by atoms with Crippen LogP contribution in [0, 0.1) is 6.92 Å². The van der Waals surface area contributed by atoms with Crippen LogP contribution in [0.15, 0.2) is 60.0 Å². The van der Waals surface area contributed by atoms with Crippen LogP contribution in [0.5, 0.6) is 11.5 Å². The summed E-state index contributed by atoms with van der Waals surface area (Å²) in [6, 6.07) is 10.5. The maximum atomic E-state index is 10.7. The zero-order chi connectivity index (χ0) is 23.3. The molecule has 0 saturated carbocycles. The summed E-state index contributed by atoms with van der Waals surface area (Å²) in [6.45, 7) is 3.23. The quantitative estimate of drug-likeness (QED) is 0.377. The van der Waals surface area contributed by atoms with E-state index >= 15 is 0 Å². The Morgan fingerprint density at radius 3 is 2.52 bits per heavy atom. The van der Waals surface area contributed by atoms with E-state index in [2.05, 4.69) is 20.1 Å². The van der Waals surface area contributed by atoms with Crippen LogP contribution < -0.4 is 0 Å². The molecule has 5 rings (SSSR count). The first-order chi connectivity index (χ1) is 15.8. The smallest absolute Gasteiger partial charge is 0.255 e. The van der Waals surface area contributed by atoms with Gasteiger partial charge in [0, 0.05) is 10.9 Å². The van der Waals surface area contributed by atoms with Gasteiger partial charge in [-0.15, -0.1) is 0 Å². The Kier molecular flexibility index (Phi) is 4.83. The van der Waals surface area contributed by atoms with Crippen LogP contribution in [0.2, 0.25) is 0 Å². The van der Waals surface area contributed by atoms with Crippen molar-refractivity contribution < 1.29 is 20.4 Å². The van der Waals surface area contributed by atoms with E-state index in [0.717, 1.165) is 10.9 Å². The van der Waals surface area contributed by atoms with Crippen LogP contribution in [0.3, 0.4) is 0 Å². The summed E-state index contributed by atoms with van der Waals surface area (Å²) in [5, 5.41) is 46.7. The molecule has 4 aromatic rings. The first-order valence-electron chi connectivity index (χ1n) is 10.3. The Morgan fingerprint density at radius 2 is 1.70 bits per heavy atom. The lowest BCUT2D eigenvalue weighted by atomic mass is 9.95. The van der Waals surface area contributed by atoms with Crippen molar-refractivity contribution in [3.63, 3.8) is 0 Å². The molecule has 166 valence electrons. The molecule has 9 heteroatoms. The molecule has 4 N–H and O–H groups in total. The number of benzene rings is 2. The van der Waals surface area contributed by atoms with Crippen LogP contribution in [0.25, 0.3) is 33.8 Å². The zero-order valence-electron chi connectivity index (χ0n) is 17.9. The molecular formula is C24H21N5O4. The number of hydrogen-bond acceptors (Lipinski definition) is 8. The number of fused-ring (bicyclic) bond motifs is 1. The van der Waals surface area contributed by atoms with Gasteiger partial charge in [0.05, 0.1) is 29.0 Å². The van der Waals surface area contributed by atoms with Crippen molar-refractivity contribution in [1.82, 2.24) is 24.7 Å². The molecule has 2 aromatic heterocycles. The Balaban J connectivity index is 1.77. The number of para-hydroxylation sites is 1. The highest BCUT2D eigenvalue weighted by Crippen LogP contribution is 2.36. The van der Waals surface area contributed by atoms with E-state index in [4.69, 9.17) is 0 Å². The van der Waals surface area contributed by atoms with Gasteiger partial charge in [0.2, 0.25) is 0 Å². The topological polar surface area (TPSA) is 137 Å². The van der Waals surface area contributed by atoms with Gasteiger partial charge in [-0.05, 0) is 44.0 Å². The molecule has 0 amide bonds. The van der Waals surface area contributed by atoms with Crippen LogP contribution in [-0.4, -0.2) is 51.3 Å². The molecule has 0 fully saturated rings. The van der Waals surface area contributed by atoms with Gasteiger partial charge < -0.3 is 20.4 Å². The maximum absolute atomic E-state index is 10.7. The van der Waals surface area contributed by atoms with Gasteiger partial charge in [0.15, 0.2) is 11.6 Å². The van der Waals surface area contributed by atoms with E-state index in [9.17, 15) is 20.4 Å². The minimum atomic E-state index is -0.784. The van der Waals surface area contributed by atoms with Crippen LogP contribution >= 0.6 is 0 Å². The monoisotopic (exact) mass is 443 g/mol. The fourth-order valence-electron chi connectivity index (χ4n) is 3.77. The van der Waals surface area contributed by atoms with E-state index in [-0.39, 0.29) is 34.9 Å². The van der Waals surface area contributed by atoms with E-state index in [0.29, 0.717) is 28.7 Å². The molecule has 9 nitrogen and oxygen atoms in total. The maximum Gasteiger partial charge on any atom is 0.255 e. The zero-order valence-corrected chi connectivity index (χ0v) is 17.9. The van der Waals surface area contributed by atoms with Crippen molar-refractivity contribution in [1.29, 1.82) is 0 Å². The first-order valence-corrected chi connectivity index (χ1v) is 10.3. The largest absolute Gasteiger partial charge is 0.508 e. The van der Waals surface area contributed by atoms with E-state index in [1.165, 1.54) is 12.1 Å². The minimum absolute atomic E-state index is 0.0518. The molecule has 0 bridgehead atoms. The molecule has 1 atom stereocenters. The number of allylic oxidation sites excluding steroid dienone is 1. The summed E-state index contributed by atoms with van der Waals surface area (Å²) in [4.78, 5) is 13.6. The summed E-state index contributed by atoms with van der Waals surface area (Å²) in [7, 11) is 0. The Hall–Kier alpha value is -4.24. The second-order valence-corrected chi connectivity index (χ2v) is 7.90. The highest BCUT2D eigenvalue weighted by molar-refractivity contribution is 5.80. The normalized spacial score (nSPS) is 16.3. The number of aliphatic hydroxyl groups excluding tert-OH is 2. The average Bonchev–Trinajstić information content (AvgIpc) is 3.25. The molecule has 0 aliphatic heterocycles. The molecule has 2 aromatic carbocycles. The second kappa shape index (κ2) is 7.72. The minimum Gasteiger partial charge on any atom is -0.508 e. The predicted octanol–water partition coefficient (Wildman–Crippen LogP) is 3.58. The number of aromatic hydroxyl groups is 2. The van der Waals surface area contributed by atoms with Gasteiger partial charge in [-0.1, -0.05) is 24.3 Å². The third kappa shape index (κ3) is 3.39. The van der Waals surface area contributed by atoms with Crippen LogP contribution in [-0.2, 0) is 0 Å². The predicted molar refractivity (Wildman–Crippen MR) is 122 cm³/mol. The summed E-state index contributed by atoms with van der Waals surface area (Å²) < 4.78 is 1.56. The van der Waals surface area contributed by atoms with Crippen LogP contribution in [0.1, 0.15) is 24.7 Å². The molecule has 1 unspecified atom stereocenters. The molecule has 0 spiro atoms. The van der Waals surface area contributed by atoms with Gasteiger partial charge >= 0.3 is 0 Å². The Bertz CT molecular complexity index is 1470. The molecular weight excluding hydrogens is 422 g/mol. The molecule has 1 aliphatic carbocycles. The van der Waals surface area contributed by atoms with Gasteiger partial charge in [-0.3, -0.25) is 0 Å². The lowest BCUT2D eigenvalue weighted by Gasteiger charge is -2.19. The van der Waals surface area contributed by atoms with Gasteiger partial charge in [-0.25, -0.2) is 4.98 Å². The molecule has 33 heavy (non-hydrogen) atoms. The first kappa shape index (κ1) is 20.7. The summed E-state index contributed by atoms with van der Waals surface area (Å²) in [6.07, 6.45) is 2.88. The average molecular weight is 443 g/mol. The number of phenolic OH excluding ortho intramolecular Hbond substituents is 2. The van der Waals surface area contributed by atoms with E-state index in [1.807, 2.05) is 24.3 Å². The van der Waals surface area contributed by atoms with Crippen molar-refractivity contribution in [2.75, 3.05) is 0 Å². The summed E-state index contributed by atoms with van der Waals surface area (Å²) in [5.74, 6) is 0.194. The highest BCUT2D eigenvalue weighted by atomic mass is 16.3. The van der Waals surface area contributed by atoms with Gasteiger partial charge in [0.1, 0.15) is 17.3 Å². The molecule has 0 saturated heterocycles. The number of rotatable bonds is 3. The number of nitrogens with zero attached hydrogens (tertiary/aromatic N) is 5. The molecule has 2 heterocycles. The van der Waals surface area contributed by atoms with Crippen LogP contribution in [0.4, 0.5) is 0 Å². The van der Waals surface area contributed by atoms with E-state index < -0.39 is 6.10 Å². The standard InChI is InChI=1S/C24H21N5O4/c1-12-18(30)9-7-15(20(12)32)22-26-23(16-8-10-19(31)13(2)21(16)33)28-24(27-22)29-17-6-4-3-5-14(17)11-25-29/h3-9,11,19,30-33H,10H2,1-2H3. The third-order valence-electron chi connectivity index (χ3n) is 5.85. The van der Waals surface area contributed by atoms with Crippen molar-refractivity contribution in [2.45, 2.75) is 26.4 Å². The fourth-order valence-corrected chi connectivity index (χ4v) is 3.77. The Morgan fingerprint density at radius 1 is 0.939 bits per heavy atom. The Labute approximate surface area is 188 Å². The molecule has 1 aliphatic rings. The van der Waals surface area contributed by atoms with Gasteiger partial charge in [0.25, 0.3) is 5.95 Å². The highest BCUT2D eigenvalue weighted by Gasteiger charge is 2.25. The number of phenols is 2. The molecule has 0 radical (unpaired) electrons. The van der Waals surface area contributed by atoms with Crippen molar-refractivity contribution in [2.24, 2.45) is 0 Å². The number of aliphatic hydroxyl groups is 2. The van der Waals surface area contributed by atoms with Crippen molar-refractivity contribution >= 4 is 16.5 Å². The van der Waals surface area contributed by atoms with Crippen molar-refractivity contribution in [3.8, 4) is 28.8 Å². The second-order valence-electron chi connectivity index (χ2n) is 7.90. The lowest BCUT2D eigenvalue weighted by Crippen LogP contribution is -2.16. The number of hydrogen-bond donors (Lipinski definition) is 4.